The molecule has 0 radical (unpaired) electrons. The molecular weight excluding hydrogens is 813 g/mol. The van der Waals surface area contributed by atoms with E-state index in [2.05, 4.69) is 199 Å². The smallest absolute Gasteiger partial charge is 0.164 e. The maximum atomic E-state index is 4.96. The van der Waals surface area contributed by atoms with Crippen molar-refractivity contribution < 1.29 is 0 Å². The average Bonchev–Trinajstić information content (AvgIpc) is 3.75. The van der Waals surface area contributed by atoms with Gasteiger partial charge in [0.15, 0.2) is 17.5 Å². The summed E-state index contributed by atoms with van der Waals surface area (Å²) in [6.07, 6.45) is 0. The molecule has 12 rings (SSSR count). The van der Waals surface area contributed by atoms with Crippen LogP contribution in [0.4, 0.5) is 0 Å². The normalized spacial score (nSPS) is 11.3. The van der Waals surface area contributed by atoms with Gasteiger partial charge in [-0.25, -0.2) is 15.0 Å². The molecule has 0 aliphatic heterocycles. The molecule has 4 nitrogen and oxygen atoms in total. The van der Waals surface area contributed by atoms with Crippen LogP contribution in [-0.2, 0) is 0 Å². The first-order valence-electron chi connectivity index (χ1n) is 22.7. The average molecular weight is 855 g/mol. The predicted molar refractivity (Wildman–Crippen MR) is 278 cm³/mol. The molecule has 4 heteroatoms. The Morgan fingerprint density at radius 2 is 0.612 bits per heavy atom. The third kappa shape index (κ3) is 7.57. The van der Waals surface area contributed by atoms with Gasteiger partial charge in [-0.05, 0) is 98.1 Å². The molecular formula is C63H42N4. The van der Waals surface area contributed by atoms with E-state index in [1.54, 1.807) is 0 Å². The lowest BCUT2D eigenvalue weighted by molar-refractivity contribution is 1.07. The molecule has 314 valence electrons. The lowest BCUT2D eigenvalue weighted by atomic mass is 9.84. The van der Waals surface area contributed by atoms with Crippen molar-refractivity contribution in [3.8, 4) is 95.5 Å². The SMILES string of the molecule is c1ccc(-c2cc(-c3ccc(-c4ccc(-c5nc(-c6ccccc6)nc(-c6ccccc6)n5)cc4)cc3)c(-c3ccccc3)c(-c3ccc4c(c3)c3ccccc3n4-c3ccccc3)c2)cc1. The second-order valence-electron chi connectivity index (χ2n) is 16.8. The van der Waals surface area contributed by atoms with Crippen LogP contribution in [0.1, 0.15) is 0 Å². The second-order valence-corrected chi connectivity index (χ2v) is 16.8. The van der Waals surface area contributed by atoms with Gasteiger partial charge in [-0.3, -0.25) is 0 Å². The Balaban J connectivity index is 0.966. The van der Waals surface area contributed by atoms with E-state index >= 15 is 0 Å². The fourth-order valence-electron chi connectivity index (χ4n) is 9.40. The molecule has 0 saturated heterocycles. The fourth-order valence-corrected chi connectivity index (χ4v) is 9.40. The maximum Gasteiger partial charge on any atom is 0.164 e. The first kappa shape index (κ1) is 39.6. The van der Waals surface area contributed by atoms with Gasteiger partial charge < -0.3 is 4.57 Å². The van der Waals surface area contributed by atoms with Crippen LogP contribution in [0, 0.1) is 0 Å². The van der Waals surface area contributed by atoms with E-state index in [4.69, 9.17) is 15.0 Å². The molecule has 0 aliphatic carbocycles. The molecule has 0 atom stereocenters. The molecule has 0 bridgehead atoms. The number of nitrogens with zero attached hydrogens (tertiary/aromatic N) is 4. The number of hydrogen-bond donors (Lipinski definition) is 0. The summed E-state index contributed by atoms with van der Waals surface area (Å²) in [6, 6.07) is 90.5. The number of fused-ring (bicyclic) bond motifs is 3. The standard InChI is InChI=1S/C63H42N4/c1-6-18-43(19-7-1)52-41-55(60(47-20-8-2-9-21-47)56(42-52)51-38-39-59-57(40-51)54-28-16-17-29-58(54)67(59)53-26-14-5-15-27-53)46-34-30-44(31-35-46)45-32-36-50(37-33-45)63-65-61(48-22-10-3-11-23-48)64-62(66-63)49-24-12-4-13-25-49/h1-42H. The van der Waals surface area contributed by atoms with Gasteiger partial charge in [0.05, 0.1) is 11.0 Å². The molecule has 0 fully saturated rings. The minimum atomic E-state index is 0.637. The van der Waals surface area contributed by atoms with Gasteiger partial charge in [-0.1, -0.05) is 212 Å². The molecule has 0 unspecified atom stereocenters. The van der Waals surface area contributed by atoms with Crippen molar-refractivity contribution in [2.24, 2.45) is 0 Å². The summed E-state index contributed by atoms with van der Waals surface area (Å²) in [5.74, 6) is 1.93. The van der Waals surface area contributed by atoms with E-state index in [-0.39, 0.29) is 0 Å². The third-order valence-electron chi connectivity index (χ3n) is 12.7. The van der Waals surface area contributed by atoms with Crippen molar-refractivity contribution in [2.45, 2.75) is 0 Å². The van der Waals surface area contributed by atoms with Crippen LogP contribution in [0.3, 0.4) is 0 Å². The second kappa shape index (κ2) is 17.2. The first-order valence-corrected chi connectivity index (χ1v) is 22.7. The molecule has 2 aromatic heterocycles. The Bertz CT molecular complexity index is 3620. The highest BCUT2D eigenvalue weighted by atomic mass is 15.0. The molecule has 0 N–H and O–H groups in total. The maximum absolute atomic E-state index is 4.96. The predicted octanol–water partition coefficient (Wildman–Crippen LogP) is 16.3. The lowest BCUT2D eigenvalue weighted by Gasteiger charge is -2.19. The van der Waals surface area contributed by atoms with Gasteiger partial charge in [0, 0.05) is 33.2 Å². The lowest BCUT2D eigenvalue weighted by Crippen LogP contribution is -2.00. The largest absolute Gasteiger partial charge is 0.309 e. The van der Waals surface area contributed by atoms with Crippen molar-refractivity contribution in [3.63, 3.8) is 0 Å². The summed E-state index contributed by atoms with van der Waals surface area (Å²) in [6.45, 7) is 0. The molecule has 67 heavy (non-hydrogen) atoms. The Labute approximate surface area is 389 Å². The highest BCUT2D eigenvalue weighted by Gasteiger charge is 2.20. The zero-order valence-electron chi connectivity index (χ0n) is 36.5. The monoisotopic (exact) mass is 854 g/mol. The van der Waals surface area contributed by atoms with Gasteiger partial charge in [-0.2, -0.15) is 0 Å². The van der Waals surface area contributed by atoms with Crippen LogP contribution in [0.15, 0.2) is 255 Å². The van der Waals surface area contributed by atoms with E-state index in [1.165, 1.54) is 60.8 Å². The van der Waals surface area contributed by atoms with E-state index in [1.807, 2.05) is 60.7 Å². The van der Waals surface area contributed by atoms with Crippen molar-refractivity contribution >= 4 is 21.8 Å². The minimum Gasteiger partial charge on any atom is -0.309 e. The molecule has 0 amide bonds. The molecule has 2 heterocycles. The zero-order valence-corrected chi connectivity index (χ0v) is 36.5. The Morgan fingerprint density at radius 3 is 1.16 bits per heavy atom. The number of aromatic nitrogens is 4. The Kier molecular flexibility index (Phi) is 10.2. The van der Waals surface area contributed by atoms with Gasteiger partial charge in [-0.15, -0.1) is 0 Å². The summed E-state index contributed by atoms with van der Waals surface area (Å²) >= 11 is 0. The Morgan fingerprint density at radius 1 is 0.239 bits per heavy atom. The van der Waals surface area contributed by atoms with Crippen molar-refractivity contribution in [2.75, 3.05) is 0 Å². The quantitative estimate of drug-likeness (QED) is 0.145. The van der Waals surface area contributed by atoms with Crippen LogP contribution >= 0.6 is 0 Å². The summed E-state index contributed by atoms with van der Waals surface area (Å²) < 4.78 is 2.38. The van der Waals surface area contributed by atoms with Gasteiger partial charge in [0.1, 0.15) is 0 Å². The van der Waals surface area contributed by atoms with E-state index in [9.17, 15) is 0 Å². The van der Waals surface area contributed by atoms with Crippen LogP contribution < -0.4 is 0 Å². The number of para-hydroxylation sites is 2. The van der Waals surface area contributed by atoms with Gasteiger partial charge >= 0.3 is 0 Å². The zero-order chi connectivity index (χ0) is 44.5. The van der Waals surface area contributed by atoms with E-state index in [0.29, 0.717) is 17.5 Å². The van der Waals surface area contributed by atoms with Crippen LogP contribution in [0.5, 0.6) is 0 Å². The third-order valence-corrected chi connectivity index (χ3v) is 12.7. The minimum absolute atomic E-state index is 0.637. The number of benzene rings is 10. The molecule has 0 saturated carbocycles. The van der Waals surface area contributed by atoms with Crippen LogP contribution in [0.2, 0.25) is 0 Å². The van der Waals surface area contributed by atoms with Crippen molar-refractivity contribution in [1.29, 1.82) is 0 Å². The number of hydrogen-bond acceptors (Lipinski definition) is 3. The van der Waals surface area contributed by atoms with Gasteiger partial charge in [0.25, 0.3) is 0 Å². The fraction of sp³-hybridized carbons (Fsp3) is 0. The highest BCUT2D eigenvalue weighted by Crippen LogP contribution is 2.45. The summed E-state index contributed by atoms with van der Waals surface area (Å²) in [5, 5.41) is 2.46. The van der Waals surface area contributed by atoms with Gasteiger partial charge in [0.2, 0.25) is 0 Å². The topological polar surface area (TPSA) is 43.6 Å². The van der Waals surface area contributed by atoms with Crippen molar-refractivity contribution in [1.82, 2.24) is 19.5 Å². The molecule has 12 aromatic rings. The molecule has 0 aliphatic rings. The van der Waals surface area contributed by atoms with E-state index in [0.717, 1.165) is 39.1 Å². The summed E-state index contributed by atoms with van der Waals surface area (Å²) in [7, 11) is 0. The molecule has 0 spiro atoms. The summed E-state index contributed by atoms with van der Waals surface area (Å²) in [4.78, 5) is 14.8. The van der Waals surface area contributed by atoms with Crippen molar-refractivity contribution in [3.05, 3.63) is 255 Å². The van der Waals surface area contributed by atoms with Crippen LogP contribution in [-0.4, -0.2) is 19.5 Å². The van der Waals surface area contributed by atoms with Crippen LogP contribution in [0.25, 0.3) is 117 Å². The highest BCUT2D eigenvalue weighted by molar-refractivity contribution is 6.11. The number of rotatable bonds is 9. The Hall–Kier alpha value is -8.99. The van der Waals surface area contributed by atoms with E-state index < -0.39 is 0 Å². The molecule has 10 aromatic carbocycles. The summed E-state index contributed by atoms with van der Waals surface area (Å²) in [5.41, 5.74) is 18.0. The first-order chi connectivity index (χ1) is 33.2.